The average molecular weight is 129 g/mol. The molecule has 0 aromatic carbocycles. The van der Waals surface area contributed by atoms with Gasteiger partial charge < -0.3 is 6.15 Å². The van der Waals surface area contributed by atoms with E-state index in [1.807, 2.05) is 0 Å². The van der Waals surface area contributed by atoms with Gasteiger partial charge in [-0.05, 0) is 0 Å². The van der Waals surface area contributed by atoms with Gasteiger partial charge in [0.15, 0.2) is 0 Å². The molecule has 0 aromatic rings. The van der Waals surface area contributed by atoms with E-state index in [4.69, 9.17) is 0 Å². The van der Waals surface area contributed by atoms with Crippen LogP contribution in [0.4, 0.5) is 0 Å². The van der Waals surface area contributed by atoms with Gasteiger partial charge in [0.05, 0.1) is 0 Å². The summed E-state index contributed by atoms with van der Waals surface area (Å²) >= 11 is 0. The summed E-state index contributed by atoms with van der Waals surface area (Å²) < 4.78 is 0. The molecule has 1 aliphatic carbocycles. The van der Waals surface area contributed by atoms with Gasteiger partial charge in [-0.3, -0.25) is 0 Å². The van der Waals surface area contributed by atoms with Crippen molar-refractivity contribution in [1.82, 2.24) is 6.15 Å². The fourth-order valence-corrected chi connectivity index (χ4v) is 1.41. The van der Waals surface area contributed by atoms with Crippen molar-refractivity contribution in [3.05, 3.63) is 0 Å². The van der Waals surface area contributed by atoms with E-state index in [1.165, 1.54) is 51.4 Å². The fourth-order valence-electron chi connectivity index (χ4n) is 1.41. The molecule has 1 heteroatoms. The molecule has 3 N–H and O–H groups in total. The highest BCUT2D eigenvalue weighted by atomic mass is 14.0. The van der Waals surface area contributed by atoms with E-state index < -0.39 is 0 Å². The fraction of sp³-hybridized carbons (Fsp3) is 1.00. The zero-order valence-corrected chi connectivity index (χ0v) is 6.36. The molecule has 0 bridgehead atoms. The van der Waals surface area contributed by atoms with Crippen LogP contribution in [0.15, 0.2) is 0 Å². The molecule has 1 rings (SSSR count). The molecule has 56 valence electrons. The van der Waals surface area contributed by atoms with Crippen LogP contribution in [0.5, 0.6) is 0 Å². The van der Waals surface area contributed by atoms with Crippen molar-refractivity contribution < 1.29 is 0 Å². The second kappa shape index (κ2) is 6.09. The van der Waals surface area contributed by atoms with Crippen molar-refractivity contribution in [2.24, 2.45) is 0 Å². The summed E-state index contributed by atoms with van der Waals surface area (Å²) in [6, 6.07) is 0. The first-order valence-electron chi connectivity index (χ1n) is 4.00. The molecule has 1 fully saturated rings. The molecule has 0 heterocycles. The van der Waals surface area contributed by atoms with Crippen LogP contribution >= 0.6 is 0 Å². The predicted octanol–water partition coefficient (Wildman–Crippen LogP) is 3.28. The van der Waals surface area contributed by atoms with E-state index in [0.717, 1.165) is 0 Å². The summed E-state index contributed by atoms with van der Waals surface area (Å²) in [6.07, 6.45) is 12.0. The monoisotopic (exact) mass is 129 g/mol. The van der Waals surface area contributed by atoms with Crippen molar-refractivity contribution in [3.63, 3.8) is 0 Å². The summed E-state index contributed by atoms with van der Waals surface area (Å²) in [5.41, 5.74) is 0. The minimum absolute atomic E-state index is 0. The third-order valence-corrected chi connectivity index (χ3v) is 2.00. The lowest BCUT2D eigenvalue weighted by Crippen LogP contribution is -1.85. The molecule has 0 atom stereocenters. The van der Waals surface area contributed by atoms with Crippen molar-refractivity contribution in [2.45, 2.75) is 51.4 Å². The standard InChI is InChI=1S/C8H16.H3N/c1-2-4-6-8-7-5-3-1;/h1-8H2;1H3. The Kier molecular flexibility index (Phi) is 6.06. The third kappa shape index (κ3) is 4.46. The SMILES string of the molecule is C1CCCCCCC1.N. The molecule has 0 aromatic heterocycles. The van der Waals surface area contributed by atoms with Gasteiger partial charge in [-0.25, -0.2) is 0 Å². The zero-order chi connectivity index (χ0) is 5.66. The molecule has 0 radical (unpaired) electrons. The van der Waals surface area contributed by atoms with Crippen LogP contribution in [0, 0.1) is 0 Å². The maximum absolute atomic E-state index is 1.50. The zero-order valence-electron chi connectivity index (χ0n) is 6.36. The summed E-state index contributed by atoms with van der Waals surface area (Å²) in [5, 5.41) is 0. The Labute approximate surface area is 58.4 Å². The van der Waals surface area contributed by atoms with Crippen LogP contribution in [0.3, 0.4) is 0 Å². The minimum Gasteiger partial charge on any atom is -0.344 e. The van der Waals surface area contributed by atoms with Crippen molar-refractivity contribution in [2.75, 3.05) is 0 Å². The largest absolute Gasteiger partial charge is 0.344 e. The maximum Gasteiger partial charge on any atom is -0.0533 e. The van der Waals surface area contributed by atoms with Crippen LogP contribution in [-0.4, -0.2) is 0 Å². The van der Waals surface area contributed by atoms with E-state index in [0.29, 0.717) is 0 Å². The normalized spacial score (nSPS) is 21.3. The summed E-state index contributed by atoms with van der Waals surface area (Å²) in [6.45, 7) is 0. The lowest BCUT2D eigenvalue weighted by Gasteiger charge is -2.05. The first-order valence-corrected chi connectivity index (χ1v) is 4.00. The van der Waals surface area contributed by atoms with E-state index in [2.05, 4.69) is 0 Å². The maximum atomic E-state index is 1.50. The number of rotatable bonds is 0. The van der Waals surface area contributed by atoms with Crippen LogP contribution < -0.4 is 6.15 Å². The molecular weight excluding hydrogens is 110 g/mol. The van der Waals surface area contributed by atoms with Gasteiger partial charge in [0.25, 0.3) is 0 Å². The highest BCUT2D eigenvalue weighted by molar-refractivity contribution is 4.51. The van der Waals surface area contributed by atoms with Gasteiger partial charge >= 0.3 is 0 Å². The summed E-state index contributed by atoms with van der Waals surface area (Å²) in [7, 11) is 0. The van der Waals surface area contributed by atoms with Gasteiger partial charge in [0.1, 0.15) is 0 Å². The molecule has 1 saturated carbocycles. The Balaban J connectivity index is 0.000000640. The number of hydrogen-bond donors (Lipinski definition) is 1. The minimum atomic E-state index is 0. The van der Waals surface area contributed by atoms with Gasteiger partial charge in [-0.2, -0.15) is 0 Å². The van der Waals surface area contributed by atoms with Crippen molar-refractivity contribution >= 4 is 0 Å². The smallest absolute Gasteiger partial charge is 0.0533 e. The molecule has 0 aliphatic heterocycles. The van der Waals surface area contributed by atoms with Crippen molar-refractivity contribution in [1.29, 1.82) is 0 Å². The first kappa shape index (κ1) is 8.96. The lowest BCUT2D eigenvalue weighted by atomic mass is 10.0. The van der Waals surface area contributed by atoms with Crippen LogP contribution in [0.2, 0.25) is 0 Å². The highest BCUT2D eigenvalue weighted by Gasteiger charge is 1.95. The highest BCUT2D eigenvalue weighted by Crippen LogP contribution is 2.15. The number of hydrogen-bond acceptors (Lipinski definition) is 1. The lowest BCUT2D eigenvalue weighted by molar-refractivity contribution is 0.504. The van der Waals surface area contributed by atoms with E-state index in [-0.39, 0.29) is 6.15 Å². The Hall–Kier alpha value is -0.0400. The van der Waals surface area contributed by atoms with Crippen LogP contribution in [-0.2, 0) is 0 Å². The second-order valence-electron chi connectivity index (χ2n) is 2.83. The molecular formula is C8H19N. The van der Waals surface area contributed by atoms with E-state index in [9.17, 15) is 0 Å². The summed E-state index contributed by atoms with van der Waals surface area (Å²) in [4.78, 5) is 0. The topological polar surface area (TPSA) is 35.0 Å². The summed E-state index contributed by atoms with van der Waals surface area (Å²) in [5.74, 6) is 0. The third-order valence-electron chi connectivity index (χ3n) is 2.00. The molecule has 0 amide bonds. The quantitative estimate of drug-likeness (QED) is 0.535. The van der Waals surface area contributed by atoms with E-state index >= 15 is 0 Å². The van der Waals surface area contributed by atoms with Gasteiger partial charge in [0, 0.05) is 0 Å². The second-order valence-corrected chi connectivity index (χ2v) is 2.83. The molecule has 0 spiro atoms. The first-order chi connectivity index (χ1) is 4.00. The Morgan fingerprint density at radius 3 is 0.556 bits per heavy atom. The van der Waals surface area contributed by atoms with Gasteiger partial charge in [-0.1, -0.05) is 51.4 Å². The Morgan fingerprint density at radius 1 is 0.333 bits per heavy atom. The average Bonchev–Trinajstić information content (AvgIpc) is 1.62. The Morgan fingerprint density at radius 2 is 0.444 bits per heavy atom. The molecule has 1 aliphatic rings. The molecule has 9 heavy (non-hydrogen) atoms. The van der Waals surface area contributed by atoms with Crippen LogP contribution in [0.1, 0.15) is 51.4 Å². The van der Waals surface area contributed by atoms with Crippen molar-refractivity contribution in [3.8, 4) is 0 Å². The predicted molar refractivity (Wildman–Crippen MR) is 42.0 cm³/mol. The van der Waals surface area contributed by atoms with Gasteiger partial charge in [-0.15, -0.1) is 0 Å². The van der Waals surface area contributed by atoms with E-state index in [1.54, 1.807) is 0 Å². The van der Waals surface area contributed by atoms with Gasteiger partial charge in [0.2, 0.25) is 0 Å². The molecule has 0 saturated heterocycles. The molecule has 1 nitrogen and oxygen atoms in total. The van der Waals surface area contributed by atoms with Crippen LogP contribution in [0.25, 0.3) is 0 Å². The Bertz CT molecular complexity index is 28.5. The molecule has 0 unspecified atom stereocenters.